The molecule has 4 rings (SSSR count). The molecule has 0 saturated carbocycles. The molecular weight excluding hydrogens is 721 g/mol. The fourth-order valence-electron chi connectivity index (χ4n) is 7.24. The number of allylic oxidation sites excluding steroid dienone is 3. The Morgan fingerprint density at radius 3 is 2.13 bits per heavy atom. The highest BCUT2D eigenvalue weighted by molar-refractivity contribution is 7.85. The van der Waals surface area contributed by atoms with Gasteiger partial charge in [0.2, 0.25) is 5.69 Å². The van der Waals surface area contributed by atoms with Gasteiger partial charge in [-0.3, -0.25) is 14.1 Å². The highest BCUT2D eigenvalue weighted by Crippen LogP contribution is 2.41. The number of hydrogen-bond acceptors (Lipinski definition) is 8. The van der Waals surface area contributed by atoms with Crippen LogP contribution in [0, 0.1) is 0 Å². The molecule has 0 fully saturated rings. The minimum absolute atomic E-state index is 0.0446. The van der Waals surface area contributed by atoms with Crippen molar-refractivity contribution in [2.75, 3.05) is 24.5 Å². The molecule has 2 aromatic carbocycles. The Morgan fingerprint density at radius 2 is 1.53 bits per heavy atom. The predicted octanol–water partition coefficient (Wildman–Crippen LogP) is 9.14. The second-order valence-corrected chi connectivity index (χ2v) is 16.4. The number of aliphatic hydroxyl groups is 1. The molecule has 12 heteroatoms. The van der Waals surface area contributed by atoms with Crippen molar-refractivity contribution in [2.45, 2.75) is 122 Å². The van der Waals surface area contributed by atoms with Gasteiger partial charge in [0.25, 0.3) is 10.1 Å². The third-order valence-electron chi connectivity index (χ3n) is 10.4. The second kappa shape index (κ2) is 19.4. The Morgan fingerprint density at radius 1 is 0.873 bits per heavy atom. The number of fused-ring (bicyclic) bond motifs is 2. The predicted molar refractivity (Wildman–Crippen MR) is 218 cm³/mol. The van der Waals surface area contributed by atoms with Crippen molar-refractivity contribution in [3.63, 3.8) is 0 Å². The maximum Gasteiger partial charge on any atom is 0.347 e. The van der Waals surface area contributed by atoms with E-state index in [1.54, 1.807) is 12.1 Å². The quantitative estimate of drug-likeness (QED) is 0.0170. The lowest BCUT2D eigenvalue weighted by Gasteiger charge is -2.25. The van der Waals surface area contributed by atoms with Gasteiger partial charge in [0.05, 0.1) is 15.9 Å². The monoisotopic (exact) mass is 777 g/mol. The molecule has 0 atom stereocenters. The van der Waals surface area contributed by atoms with Crippen LogP contribution in [0.5, 0.6) is 0 Å². The number of carboxylic acids is 1. The molecule has 2 heterocycles. The molecule has 3 aromatic rings. The number of ketones is 1. The zero-order chi connectivity index (χ0) is 40.3. The molecule has 0 saturated heterocycles. The molecule has 0 aliphatic carbocycles. The molecule has 0 amide bonds. The van der Waals surface area contributed by atoms with Gasteiger partial charge in [-0.15, -0.1) is 0 Å². The fourth-order valence-corrected chi connectivity index (χ4v) is 7.75. The van der Waals surface area contributed by atoms with E-state index in [0.29, 0.717) is 53.7 Å². The van der Waals surface area contributed by atoms with Crippen molar-refractivity contribution in [1.29, 1.82) is 0 Å². The largest absolute Gasteiger partial charge is 0.506 e. The summed E-state index contributed by atoms with van der Waals surface area (Å²) < 4.78 is 41.6. The van der Waals surface area contributed by atoms with Crippen LogP contribution in [-0.2, 0) is 25.1 Å². The summed E-state index contributed by atoms with van der Waals surface area (Å²) >= 11 is 0. The number of hydrogen-bond donors (Lipinski definition) is 3. The van der Waals surface area contributed by atoms with Crippen LogP contribution < -0.4 is 10.5 Å². The minimum Gasteiger partial charge on any atom is -0.506 e. The molecule has 0 radical (unpaired) electrons. The molecule has 0 unspecified atom stereocenters. The zero-order valence-electron chi connectivity index (χ0n) is 32.9. The van der Waals surface area contributed by atoms with Gasteiger partial charge in [-0.05, 0) is 82.9 Å². The summed E-state index contributed by atoms with van der Waals surface area (Å²) in [6.07, 6.45) is 14.0. The normalized spacial score (nSPS) is 14.4. The number of aliphatic carboxylic acids is 1. The molecule has 1 aliphatic heterocycles. The Bertz CT molecular complexity index is 2110. The molecule has 0 bridgehead atoms. The van der Waals surface area contributed by atoms with E-state index < -0.39 is 38.7 Å². The van der Waals surface area contributed by atoms with Gasteiger partial charge in [0.1, 0.15) is 23.5 Å². The summed E-state index contributed by atoms with van der Waals surface area (Å²) in [5.74, 6) is -1.89. The summed E-state index contributed by atoms with van der Waals surface area (Å²) in [5, 5.41) is 21.2. The van der Waals surface area contributed by atoms with E-state index in [0.717, 1.165) is 57.3 Å². The van der Waals surface area contributed by atoms with E-state index in [4.69, 9.17) is 9.52 Å². The first-order valence-electron chi connectivity index (χ1n) is 19.5. The van der Waals surface area contributed by atoms with E-state index in [1.165, 1.54) is 44.0 Å². The Labute approximate surface area is 324 Å². The van der Waals surface area contributed by atoms with E-state index in [9.17, 15) is 32.5 Å². The first-order valence-corrected chi connectivity index (χ1v) is 21.0. The number of nitrogens with zero attached hydrogens (tertiary/aromatic N) is 2. The number of unbranched alkanes of at least 4 members (excludes halogenated alkanes) is 8. The number of carboxylic acid groups (broad SMARTS) is 1. The number of anilines is 1. The van der Waals surface area contributed by atoms with Gasteiger partial charge in [-0.2, -0.15) is 13.0 Å². The maximum atomic E-state index is 13.4. The average Bonchev–Trinajstić information content (AvgIpc) is 3.34. The Balaban J connectivity index is 1.72. The first-order chi connectivity index (χ1) is 26.1. The SMILES string of the molecule is CCCCCCN(CCCCCC)c1ccc2cc(C(O)=C(/C=C/C3=[N+](CCCCCC(=O)O)c4ccc(S(=O)(=O)O)cc4C3(C)C)C(C)=O)c(=O)oc2c1. The van der Waals surface area contributed by atoms with Crippen LogP contribution >= 0.6 is 0 Å². The van der Waals surface area contributed by atoms with Crippen LogP contribution in [-0.4, -0.2) is 64.9 Å². The van der Waals surface area contributed by atoms with Crippen LogP contribution in [0.25, 0.3) is 16.7 Å². The summed E-state index contributed by atoms with van der Waals surface area (Å²) in [7, 11) is -4.49. The number of benzene rings is 2. The lowest BCUT2D eigenvalue weighted by Crippen LogP contribution is -2.28. The van der Waals surface area contributed by atoms with E-state index in [2.05, 4.69) is 18.7 Å². The van der Waals surface area contributed by atoms with Crippen molar-refractivity contribution in [3.8, 4) is 0 Å². The number of Topliss-reactive ketones (excluding diaryl/α,β-unsaturated/α-hetero) is 1. The van der Waals surface area contributed by atoms with Gasteiger partial charge >= 0.3 is 11.6 Å². The number of carbonyl (C=O) groups is 2. The van der Waals surface area contributed by atoms with Crippen molar-refractivity contribution < 1.29 is 41.8 Å². The van der Waals surface area contributed by atoms with Crippen LogP contribution in [0.4, 0.5) is 11.4 Å². The highest BCUT2D eigenvalue weighted by Gasteiger charge is 2.45. The molecule has 1 aliphatic rings. The van der Waals surface area contributed by atoms with Crippen molar-refractivity contribution >= 4 is 55.7 Å². The third-order valence-corrected chi connectivity index (χ3v) is 11.2. The second-order valence-electron chi connectivity index (χ2n) is 15.0. The van der Waals surface area contributed by atoms with Crippen LogP contribution in [0.3, 0.4) is 0 Å². The average molecular weight is 778 g/mol. The van der Waals surface area contributed by atoms with Crippen LogP contribution in [0.1, 0.15) is 123 Å². The maximum absolute atomic E-state index is 13.4. The molecule has 298 valence electrons. The van der Waals surface area contributed by atoms with Crippen molar-refractivity contribution in [2.24, 2.45) is 0 Å². The number of aliphatic hydroxyl groups excluding tert-OH is 1. The molecular formula is C43H57N2O9S+. The third kappa shape index (κ3) is 11.0. The summed E-state index contributed by atoms with van der Waals surface area (Å²) in [6, 6.07) is 11.6. The molecule has 0 spiro atoms. The lowest BCUT2D eigenvalue weighted by atomic mass is 9.81. The minimum atomic E-state index is -4.49. The smallest absolute Gasteiger partial charge is 0.347 e. The van der Waals surface area contributed by atoms with Gasteiger partial charge in [-0.1, -0.05) is 52.4 Å². The molecule has 3 N–H and O–H groups in total. The van der Waals surface area contributed by atoms with Crippen LogP contribution in [0.15, 0.2) is 74.3 Å². The topological polar surface area (TPSA) is 165 Å². The molecule has 1 aromatic heterocycles. The summed E-state index contributed by atoms with van der Waals surface area (Å²) in [6.45, 7) is 11.7. The molecule has 55 heavy (non-hydrogen) atoms. The summed E-state index contributed by atoms with van der Waals surface area (Å²) in [5.41, 5.74) is 1.48. The van der Waals surface area contributed by atoms with Gasteiger partial charge in [0.15, 0.2) is 11.5 Å². The van der Waals surface area contributed by atoms with Crippen LogP contribution in [0.2, 0.25) is 0 Å². The Hall–Kier alpha value is -4.55. The standard InChI is InChI=1S/C43H56N2O9S/c1-6-8-10-14-24-44(25-15-11-9-7-2)32-19-18-31-27-35(42(50)54-38(31)28-32)41(49)34(30(3)46)21-23-39-43(4,5)36-29-33(55(51,52)53)20-22-37(36)45(39)26-16-12-13-17-40(47)48/h18-23,27-29H,6-17,24-26H2,1-5H3,(H2,47,48,51,52,53)/p+1. The Kier molecular flexibility index (Phi) is 15.2. The molecule has 11 nitrogen and oxygen atoms in total. The van der Waals surface area contributed by atoms with E-state index >= 15 is 0 Å². The number of rotatable bonds is 22. The zero-order valence-corrected chi connectivity index (χ0v) is 33.7. The van der Waals surface area contributed by atoms with Crippen molar-refractivity contribution in [1.82, 2.24) is 0 Å². The van der Waals surface area contributed by atoms with Gasteiger partial charge < -0.3 is 19.5 Å². The summed E-state index contributed by atoms with van der Waals surface area (Å²) in [4.78, 5) is 39.6. The van der Waals surface area contributed by atoms with Crippen molar-refractivity contribution in [3.05, 3.63) is 81.7 Å². The van der Waals surface area contributed by atoms with Gasteiger partial charge in [0, 0.05) is 60.8 Å². The lowest BCUT2D eigenvalue weighted by molar-refractivity contribution is -0.438. The first kappa shape index (κ1) is 43.2. The van der Waals surface area contributed by atoms with E-state index in [1.807, 2.05) is 36.6 Å². The van der Waals surface area contributed by atoms with Gasteiger partial charge in [-0.25, -0.2) is 4.79 Å². The van der Waals surface area contributed by atoms with E-state index in [-0.39, 0.29) is 22.5 Å². The fraction of sp³-hybridized carbons (Fsp3) is 0.488. The highest BCUT2D eigenvalue weighted by atomic mass is 32.2. The number of carbonyl (C=O) groups excluding carboxylic acids is 1.